The van der Waals surface area contributed by atoms with Gasteiger partial charge in [-0.1, -0.05) is 30.3 Å². The van der Waals surface area contributed by atoms with Crippen LogP contribution in [0.25, 0.3) is 0 Å². The Morgan fingerprint density at radius 1 is 1.04 bits per heavy atom. The van der Waals surface area contributed by atoms with Crippen molar-refractivity contribution < 1.29 is 0 Å². The van der Waals surface area contributed by atoms with Gasteiger partial charge in [0.25, 0.3) is 0 Å². The van der Waals surface area contributed by atoms with Crippen LogP contribution in [0.15, 0.2) is 42.7 Å². The van der Waals surface area contributed by atoms with Crippen LogP contribution in [0.3, 0.4) is 0 Å². The standard InChI is InChI=1S/C18H24N4.2ClH/c19-16-10-15(11-16)17-12-18(22-13-21-17)20-9-5-4-8-14-6-2-1-3-7-14;;/h1-3,6-7,12-13,15-16H,4-5,8-11,19H2,(H,20,21,22);2*1H. The van der Waals surface area contributed by atoms with Gasteiger partial charge in [-0.15, -0.1) is 24.8 Å². The average Bonchev–Trinajstić information content (AvgIpc) is 2.53. The molecule has 0 unspecified atom stereocenters. The average molecular weight is 369 g/mol. The summed E-state index contributed by atoms with van der Waals surface area (Å²) < 4.78 is 0. The van der Waals surface area contributed by atoms with Gasteiger partial charge in [0.15, 0.2) is 0 Å². The van der Waals surface area contributed by atoms with Crippen LogP contribution in [0.5, 0.6) is 0 Å². The Morgan fingerprint density at radius 3 is 2.50 bits per heavy atom. The van der Waals surface area contributed by atoms with Gasteiger partial charge in [-0.25, -0.2) is 9.97 Å². The van der Waals surface area contributed by atoms with E-state index in [0.717, 1.165) is 43.7 Å². The van der Waals surface area contributed by atoms with E-state index < -0.39 is 0 Å². The zero-order valence-electron chi connectivity index (χ0n) is 13.7. The van der Waals surface area contributed by atoms with Crippen molar-refractivity contribution in [2.45, 2.75) is 44.1 Å². The van der Waals surface area contributed by atoms with Gasteiger partial charge in [0, 0.05) is 30.3 Å². The minimum Gasteiger partial charge on any atom is -0.370 e. The van der Waals surface area contributed by atoms with Crippen LogP contribution in [0.4, 0.5) is 5.82 Å². The number of unbranched alkanes of at least 4 members (excludes halogenated alkanes) is 1. The molecular weight excluding hydrogens is 343 g/mol. The maximum Gasteiger partial charge on any atom is 0.129 e. The summed E-state index contributed by atoms with van der Waals surface area (Å²) in [6.45, 7) is 0.952. The lowest BCUT2D eigenvalue weighted by Crippen LogP contribution is -2.35. The monoisotopic (exact) mass is 368 g/mol. The number of hydrogen-bond donors (Lipinski definition) is 2. The van der Waals surface area contributed by atoms with E-state index in [-0.39, 0.29) is 24.8 Å². The summed E-state index contributed by atoms with van der Waals surface area (Å²) in [7, 11) is 0. The molecule has 1 aliphatic carbocycles. The topological polar surface area (TPSA) is 63.8 Å². The number of aromatic nitrogens is 2. The first-order valence-electron chi connectivity index (χ1n) is 8.16. The number of benzene rings is 1. The van der Waals surface area contributed by atoms with Gasteiger partial charge in [0.1, 0.15) is 12.1 Å². The molecule has 1 aromatic carbocycles. The van der Waals surface area contributed by atoms with Crippen LogP contribution in [-0.2, 0) is 6.42 Å². The number of nitrogens with two attached hydrogens (primary N) is 1. The molecule has 0 aliphatic heterocycles. The fourth-order valence-electron chi connectivity index (χ4n) is 2.91. The number of rotatable bonds is 7. The van der Waals surface area contributed by atoms with Gasteiger partial charge in [-0.05, 0) is 37.7 Å². The number of anilines is 1. The fraction of sp³-hybridized carbons (Fsp3) is 0.444. The number of nitrogens with one attached hydrogen (secondary N) is 1. The summed E-state index contributed by atoms with van der Waals surface area (Å²) in [5, 5.41) is 3.40. The second-order valence-corrected chi connectivity index (χ2v) is 6.13. The van der Waals surface area contributed by atoms with Crippen molar-refractivity contribution in [2.24, 2.45) is 5.73 Å². The first-order valence-corrected chi connectivity index (χ1v) is 8.16. The highest BCUT2D eigenvalue weighted by molar-refractivity contribution is 5.85. The predicted molar refractivity (Wildman–Crippen MR) is 104 cm³/mol. The first-order chi connectivity index (χ1) is 10.8. The molecule has 4 nitrogen and oxygen atoms in total. The van der Waals surface area contributed by atoms with Gasteiger partial charge in [-0.2, -0.15) is 0 Å². The van der Waals surface area contributed by atoms with E-state index in [0.29, 0.717) is 12.0 Å². The molecule has 0 saturated heterocycles. The second-order valence-electron chi connectivity index (χ2n) is 6.13. The summed E-state index contributed by atoms with van der Waals surface area (Å²) in [6, 6.07) is 13.1. The lowest BCUT2D eigenvalue weighted by Gasteiger charge is -2.31. The molecule has 0 bridgehead atoms. The highest BCUT2D eigenvalue weighted by Crippen LogP contribution is 2.34. The van der Waals surface area contributed by atoms with Gasteiger partial charge in [0.2, 0.25) is 0 Å². The molecule has 1 aliphatic rings. The Labute approximate surface area is 156 Å². The van der Waals surface area contributed by atoms with Crippen molar-refractivity contribution in [1.82, 2.24) is 9.97 Å². The minimum absolute atomic E-state index is 0. The van der Waals surface area contributed by atoms with E-state index in [4.69, 9.17) is 5.73 Å². The number of aryl methyl sites for hydroxylation is 1. The van der Waals surface area contributed by atoms with Crippen molar-refractivity contribution in [3.05, 3.63) is 54.0 Å². The van der Waals surface area contributed by atoms with Gasteiger partial charge < -0.3 is 11.1 Å². The molecule has 6 heteroatoms. The Kier molecular flexibility index (Phi) is 9.04. The Hall–Kier alpha value is -1.36. The van der Waals surface area contributed by atoms with E-state index in [1.807, 2.05) is 0 Å². The van der Waals surface area contributed by atoms with Crippen molar-refractivity contribution in [1.29, 1.82) is 0 Å². The summed E-state index contributed by atoms with van der Waals surface area (Å²) in [5.74, 6) is 1.46. The molecule has 1 aromatic heterocycles. The fourth-order valence-corrected chi connectivity index (χ4v) is 2.91. The molecule has 0 atom stereocenters. The number of halogens is 2. The molecule has 3 N–H and O–H groups in total. The van der Waals surface area contributed by atoms with Crippen LogP contribution in [-0.4, -0.2) is 22.6 Å². The lowest BCUT2D eigenvalue weighted by atomic mass is 9.79. The Morgan fingerprint density at radius 2 is 1.79 bits per heavy atom. The second kappa shape index (κ2) is 10.5. The third-order valence-electron chi connectivity index (χ3n) is 4.32. The minimum atomic E-state index is 0. The van der Waals surface area contributed by atoms with Gasteiger partial charge >= 0.3 is 0 Å². The molecule has 0 amide bonds. The Balaban J connectivity index is 0.00000144. The van der Waals surface area contributed by atoms with Crippen LogP contribution < -0.4 is 11.1 Å². The third kappa shape index (κ3) is 5.93. The zero-order chi connectivity index (χ0) is 15.2. The Bertz CT molecular complexity index is 589. The van der Waals surface area contributed by atoms with E-state index in [9.17, 15) is 0 Å². The summed E-state index contributed by atoms with van der Waals surface area (Å²) in [5.41, 5.74) is 8.39. The number of nitrogens with zero attached hydrogens (tertiary/aromatic N) is 2. The maximum absolute atomic E-state index is 5.85. The van der Waals surface area contributed by atoms with E-state index in [1.54, 1.807) is 6.33 Å². The molecule has 3 rings (SSSR count). The molecule has 1 heterocycles. The van der Waals surface area contributed by atoms with E-state index >= 15 is 0 Å². The highest BCUT2D eigenvalue weighted by Gasteiger charge is 2.28. The lowest BCUT2D eigenvalue weighted by molar-refractivity contribution is 0.345. The summed E-state index contributed by atoms with van der Waals surface area (Å²) in [6.07, 6.45) is 7.22. The molecule has 0 spiro atoms. The quantitative estimate of drug-likeness (QED) is 0.725. The van der Waals surface area contributed by atoms with Crippen molar-refractivity contribution in [2.75, 3.05) is 11.9 Å². The maximum atomic E-state index is 5.85. The van der Waals surface area contributed by atoms with Crippen LogP contribution in [0.1, 0.15) is 42.9 Å². The van der Waals surface area contributed by atoms with Crippen molar-refractivity contribution >= 4 is 30.6 Å². The molecule has 0 radical (unpaired) electrons. The molecular formula is C18H26Cl2N4. The summed E-state index contributed by atoms with van der Waals surface area (Å²) in [4.78, 5) is 8.67. The van der Waals surface area contributed by atoms with Crippen LogP contribution >= 0.6 is 24.8 Å². The molecule has 24 heavy (non-hydrogen) atoms. The normalized spacial score (nSPS) is 18.7. The third-order valence-corrected chi connectivity index (χ3v) is 4.32. The molecule has 1 saturated carbocycles. The van der Waals surface area contributed by atoms with Crippen molar-refractivity contribution in [3.8, 4) is 0 Å². The van der Waals surface area contributed by atoms with E-state index in [2.05, 4.69) is 51.7 Å². The predicted octanol–water partition coefficient (Wildman–Crippen LogP) is 3.96. The number of hydrogen-bond acceptors (Lipinski definition) is 4. The smallest absolute Gasteiger partial charge is 0.129 e. The molecule has 2 aromatic rings. The largest absolute Gasteiger partial charge is 0.370 e. The van der Waals surface area contributed by atoms with Crippen molar-refractivity contribution in [3.63, 3.8) is 0 Å². The summed E-state index contributed by atoms with van der Waals surface area (Å²) >= 11 is 0. The molecule has 1 fully saturated rings. The van der Waals surface area contributed by atoms with Gasteiger partial charge in [-0.3, -0.25) is 0 Å². The SMILES string of the molecule is Cl.Cl.NC1CC(c2cc(NCCCCc3ccccc3)ncn2)C1. The van der Waals surface area contributed by atoms with Crippen LogP contribution in [0.2, 0.25) is 0 Å². The highest BCUT2D eigenvalue weighted by atomic mass is 35.5. The van der Waals surface area contributed by atoms with E-state index in [1.165, 1.54) is 12.0 Å². The van der Waals surface area contributed by atoms with Gasteiger partial charge in [0.05, 0.1) is 0 Å². The zero-order valence-corrected chi connectivity index (χ0v) is 15.4. The molecule has 132 valence electrons. The van der Waals surface area contributed by atoms with Crippen LogP contribution in [0, 0.1) is 0 Å². The first kappa shape index (κ1) is 20.7.